The number of pyridine rings is 1. The molecule has 0 atom stereocenters. The van der Waals surface area contributed by atoms with Crippen molar-refractivity contribution in [2.24, 2.45) is 0 Å². The molecule has 0 aliphatic rings. The number of hydrogen-bond donors (Lipinski definition) is 1. The smallest absolute Gasteiger partial charge is 0.341 e. The normalized spacial score (nSPS) is 10.0. The van der Waals surface area contributed by atoms with Gasteiger partial charge in [-0.2, -0.15) is 0 Å². The highest BCUT2D eigenvalue weighted by atomic mass is 32.1. The Morgan fingerprint density at radius 1 is 1.37 bits per heavy atom. The lowest BCUT2D eigenvalue weighted by Gasteiger charge is -2.05. The van der Waals surface area contributed by atoms with Crippen molar-refractivity contribution in [3.63, 3.8) is 0 Å². The highest BCUT2D eigenvalue weighted by Gasteiger charge is 2.19. The van der Waals surface area contributed by atoms with Crippen LogP contribution in [0.2, 0.25) is 0 Å². The molecule has 98 valence electrons. The molecule has 0 unspecified atom stereocenters. The highest BCUT2D eigenvalue weighted by molar-refractivity contribution is 7.15. The van der Waals surface area contributed by atoms with Crippen LogP contribution < -0.4 is 5.32 Å². The number of aromatic nitrogens is 1. The Bertz CT molecular complexity index is 608. The second-order valence-electron chi connectivity index (χ2n) is 3.78. The Balaban J connectivity index is 2.25. The number of amides is 1. The molecule has 0 saturated carbocycles. The zero-order chi connectivity index (χ0) is 13.8. The van der Waals surface area contributed by atoms with Crippen LogP contribution in [0.15, 0.2) is 29.8 Å². The van der Waals surface area contributed by atoms with E-state index in [1.54, 1.807) is 30.5 Å². The number of hydrogen-bond acceptors (Lipinski definition) is 5. The van der Waals surface area contributed by atoms with Crippen molar-refractivity contribution in [2.45, 2.75) is 6.92 Å². The molecular formula is C13H12N2O3S. The van der Waals surface area contributed by atoms with E-state index in [1.807, 2.05) is 0 Å². The Morgan fingerprint density at radius 2 is 2.16 bits per heavy atom. The molecule has 1 N–H and O–H groups in total. The van der Waals surface area contributed by atoms with E-state index in [0.717, 1.165) is 5.56 Å². The van der Waals surface area contributed by atoms with Gasteiger partial charge in [0.15, 0.2) is 0 Å². The molecule has 19 heavy (non-hydrogen) atoms. The number of esters is 1. The molecule has 0 aliphatic carbocycles. The van der Waals surface area contributed by atoms with E-state index < -0.39 is 5.97 Å². The Kier molecular flexibility index (Phi) is 3.91. The third-order valence-corrected chi connectivity index (χ3v) is 3.50. The van der Waals surface area contributed by atoms with Crippen molar-refractivity contribution in [1.82, 2.24) is 4.98 Å². The van der Waals surface area contributed by atoms with Crippen molar-refractivity contribution in [2.75, 3.05) is 12.4 Å². The lowest BCUT2D eigenvalue weighted by atomic mass is 10.2. The number of carbonyl (C=O) groups is 2. The molecule has 1 amide bonds. The first-order valence-corrected chi connectivity index (χ1v) is 6.40. The zero-order valence-corrected chi connectivity index (χ0v) is 11.3. The van der Waals surface area contributed by atoms with Crippen LogP contribution in [-0.4, -0.2) is 24.0 Å². The molecule has 2 rings (SSSR count). The van der Waals surface area contributed by atoms with Crippen molar-refractivity contribution >= 4 is 28.2 Å². The van der Waals surface area contributed by atoms with E-state index >= 15 is 0 Å². The van der Waals surface area contributed by atoms with Crippen LogP contribution in [0.5, 0.6) is 0 Å². The van der Waals surface area contributed by atoms with Gasteiger partial charge in [-0.05, 0) is 30.0 Å². The van der Waals surface area contributed by atoms with Crippen molar-refractivity contribution < 1.29 is 14.3 Å². The van der Waals surface area contributed by atoms with Crippen LogP contribution in [0.4, 0.5) is 5.00 Å². The lowest BCUT2D eigenvalue weighted by Crippen LogP contribution is -2.15. The summed E-state index contributed by atoms with van der Waals surface area (Å²) in [5.41, 5.74) is 1.45. The van der Waals surface area contributed by atoms with E-state index in [0.29, 0.717) is 16.3 Å². The standard InChI is InChI=1S/C13H12N2O3S/c1-8-7-19-12(10(8)13(17)18-2)15-11(16)9-5-3-4-6-14-9/h3-7H,1-2H3,(H,15,16). The fourth-order valence-corrected chi connectivity index (χ4v) is 2.48. The van der Waals surface area contributed by atoms with Gasteiger partial charge in [0.05, 0.1) is 12.7 Å². The van der Waals surface area contributed by atoms with Gasteiger partial charge in [0.1, 0.15) is 10.7 Å². The first kappa shape index (κ1) is 13.2. The molecule has 0 bridgehead atoms. The van der Waals surface area contributed by atoms with E-state index in [9.17, 15) is 9.59 Å². The Hall–Kier alpha value is -2.21. The summed E-state index contributed by atoms with van der Waals surface area (Å²) in [4.78, 5) is 27.6. The minimum absolute atomic E-state index is 0.296. The van der Waals surface area contributed by atoms with Gasteiger partial charge in [0, 0.05) is 6.20 Å². The summed E-state index contributed by atoms with van der Waals surface area (Å²) in [6, 6.07) is 5.06. The topological polar surface area (TPSA) is 68.3 Å². The number of carbonyl (C=O) groups excluding carboxylic acids is 2. The maximum Gasteiger partial charge on any atom is 0.341 e. The molecule has 0 radical (unpaired) electrons. The van der Waals surface area contributed by atoms with Gasteiger partial charge in [0.25, 0.3) is 5.91 Å². The van der Waals surface area contributed by atoms with Crippen LogP contribution in [0.3, 0.4) is 0 Å². The molecule has 0 saturated heterocycles. The first-order valence-electron chi connectivity index (χ1n) is 5.52. The number of nitrogens with one attached hydrogen (secondary N) is 1. The van der Waals surface area contributed by atoms with E-state index in [-0.39, 0.29) is 5.91 Å². The summed E-state index contributed by atoms with van der Waals surface area (Å²) >= 11 is 1.28. The molecule has 0 aromatic carbocycles. The van der Waals surface area contributed by atoms with Gasteiger partial charge in [-0.15, -0.1) is 11.3 Å². The third-order valence-electron chi connectivity index (χ3n) is 2.49. The Morgan fingerprint density at radius 3 is 2.79 bits per heavy atom. The fourth-order valence-electron chi connectivity index (χ4n) is 1.56. The number of thiophene rings is 1. The van der Waals surface area contributed by atoms with Gasteiger partial charge >= 0.3 is 5.97 Å². The number of aryl methyl sites for hydroxylation is 1. The third kappa shape index (κ3) is 2.79. The predicted octanol–water partition coefficient (Wildman–Crippen LogP) is 2.49. The molecule has 2 aromatic rings. The maximum absolute atomic E-state index is 12.0. The number of ether oxygens (including phenoxy) is 1. The summed E-state index contributed by atoms with van der Waals surface area (Å²) in [7, 11) is 1.31. The van der Waals surface area contributed by atoms with Crippen LogP contribution in [0, 0.1) is 6.92 Å². The fraction of sp³-hybridized carbons (Fsp3) is 0.154. The number of nitrogens with zero attached hydrogens (tertiary/aromatic N) is 1. The second-order valence-corrected chi connectivity index (χ2v) is 4.66. The molecule has 2 aromatic heterocycles. The van der Waals surface area contributed by atoms with Gasteiger partial charge in [-0.3, -0.25) is 9.78 Å². The van der Waals surface area contributed by atoms with Crippen LogP contribution in [0.1, 0.15) is 26.4 Å². The van der Waals surface area contributed by atoms with Gasteiger partial charge in [-0.25, -0.2) is 4.79 Å². The summed E-state index contributed by atoms with van der Waals surface area (Å²) in [5, 5.41) is 4.94. The molecule has 0 spiro atoms. The van der Waals surface area contributed by atoms with E-state index in [4.69, 9.17) is 4.74 Å². The van der Waals surface area contributed by atoms with Crippen LogP contribution in [0.25, 0.3) is 0 Å². The maximum atomic E-state index is 12.0. The average Bonchev–Trinajstić information content (AvgIpc) is 2.80. The quantitative estimate of drug-likeness (QED) is 0.874. The van der Waals surface area contributed by atoms with Crippen molar-refractivity contribution in [3.8, 4) is 0 Å². The monoisotopic (exact) mass is 276 g/mol. The Labute approximate surface area is 114 Å². The van der Waals surface area contributed by atoms with Gasteiger partial charge < -0.3 is 10.1 Å². The zero-order valence-electron chi connectivity index (χ0n) is 10.5. The first-order chi connectivity index (χ1) is 9.13. The number of methoxy groups -OCH3 is 1. The second kappa shape index (κ2) is 5.62. The highest BCUT2D eigenvalue weighted by Crippen LogP contribution is 2.28. The summed E-state index contributed by atoms with van der Waals surface area (Å²) < 4.78 is 4.70. The SMILES string of the molecule is COC(=O)c1c(C)csc1NC(=O)c1ccccn1. The van der Waals surface area contributed by atoms with Crippen LogP contribution in [-0.2, 0) is 4.74 Å². The average molecular weight is 276 g/mol. The molecule has 0 aliphatic heterocycles. The minimum Gasteiger partial charge on any atom is -0.465 e. The summed E-state index contributed by atoms with van der Waals surface area (Å²) in [5.74, 6) is -0.817. The number of rotatable bonds is 3. The van der Waals surface area contributed by atoms with Gasteiger partial charge in [0.2, 0.25) is 0 Å². The molecule has 0 fully saturated rings. The van der Waals surface area contributed by atoms with E-state index in [1.165, 1.54) is 24.6 Å². The minimum atomic E-state index is -0.463. The van der Waals surface area contributed by atoms with E-state index in [2.05, 4.69) is 10.3 Å². The molecule has 5 nitrogen and oxygen atoms in total. The van der Waals surface area contributed by atoms with Crippen molar-refractivity contribution in [3.05, 3.63) is 46.6 Å². The molecule has 2 heterocycles. The molecule has 6 heteroatoms. The largest absolute Gasteiger partial charge is 0.465 e. The molecular weight excluding hydrogens is 264 g/mol. The van der Waals surface area contributed by atoms with Crippen molar-refractivity contribution in [1.29, 1.82) is 0 Å². The van der Waals surface area contributed by atoms with Gasteiger partial charge in [-0.1, -0.05) is 6.07 Å². The van der Waals surface area contributed by atoms with Crippen LogP contribution >= 0.6 is 11.3 Å². The predicted molar refractivity (Wildman–Crippen MR) is 72.6 cm³/mol. The number of anilines is 1. The lowest BCUT2D eigenvalue weighted by molar-refractivity contribution is 0.0601. The summed E-state index contributed by atoms with van der Waals surface area (Å²) in [6.45, 7) is 1.79. The summed E-state index contributed by atoms with van der Waals surface area (Å²) in [6.07, 6.45) is 1.54.